The molecule has 0 aliphatic heterocycles. The maximum atomic E-state index is 11.4. The molecule has 0 radical (unpaired) electrons. The second kappa shape index (κ2) is 4.08. The standard InChI is InChI=1S/C12H14N2O2/c1-7-5-11(16)14-12-8(7)3-2-4-9(12)10(15)6-13/h2-5,10,15H,6,13H2,1H3,(H,14,16). The van der Waals surface area contributed by atoms with E-state index >= 15 is 0 Å². The third-order valence-electron chi connectivity index (χ3n) is 2.70. The lowest BCUT2D eigenvalue weighted by atomic mass is 10.0. The Kier molecular flexibility index (Phi) is 2.77. The quantitative estimate of drug-likeness (QED) is 0.698. The first kappa shape index (κ1) is 10.9. The molecule has 1 heterocycles. The van der Waals surface area contributed by atoms with E-state index < -0.39 is 6.10 Å². The van der Waals surface area contributed by atoms with Crippen LogP contribution in [-0.4, -0.2) is 16.6 Å². The van der Waals surface area contributed by atoms with Crippen LogP contribution in [0.5, 0.6) is 0 Å². The first-order valence-electron chi connectivity index (χ1n) is 5.14. The minimum absolute atomic E-state index is 0.134. The molecule has 0 saturated heterocycles. The zero-order valence-electron chi connectivity index (χ0n) is 9.03. The number of aromatic nitrogens is 1. The van der Waals surface area contributed by atoms with Crippen molar-refractivity contribution in [1.82, 2.24) is 4.98 Å². The predicted octanol–water partition coefficient (Wildman–Crippen LogP) is 0.829. The van der Waals surface area contributed by atoms with Crippen molar-refractivity contribution in [2.75, 3.05) is 6.54 Å². The Morgan fingerprint density at radius 3 is 2.94 bits per heavy atom. The molecule has 0 saturated carbocycles. The summed E-state index contributed by atoms with van der Waals surface area (Å²) >= 11 is 0. The van der Waals surface area contributed by atoms with Crippen molar-refractivity contribution in [2.24, 2.45) is 5.73 Å². The van der Waals surface area contributed by atoms with E-state index in [1.54, 1.807) is 12.1 Å². The highest BCUT2D eigenvalue weighted by atomic mass is 16.3. The number of aryl methyl sites for hydroxylation is 1. The van der Waals surface area contributed by atoms with Gasteiger partial charge in [-0.2, -0.15) is 0 Å². The molecule has 16 heavy (non-hydrogen) atoms. The first-order valence-corrected chi connectivity index (χ1v) is 5.14. The van der Waals surface area contributed by atoms with E-state index in [0.717, 1.165) is 10.9 Å². The molecular weight excluding hydrogens is 204 g/mol. The van der Waals surface area contributed by atoms with E-state index in [2.05, 4.69) is 4.98 Å². The molecule has 0 fully saturated rings. The lowest BCUT2D eigenvalue weighted by molar-refractivity contribution is 0.188. The van der Waals surface area contributed by atoms with Crippen molar-refractivity contribution in [2.45, 2.75) is 13.0 Å². The van der Waals surface area contributed by atoms with Crippen LogP contribution >= 0.6 is 0 Å². The Morgan fingerprint density at radius 2 is 2.25 bits per heavy atom. The number of pyridine rings is 1. The van der Waals surface area contributed by atoms with Crippen LogP contribution in [0, 0.1) is 6.92 Å². The Balaban J connectivity index is 2.81. The minimum Gasteiger partial charge on any atom is -0.387 e. The van der Waals surface area contributed by atoms with Gasteiger partial charge >= 0.3 is 0 Å². The molecular formula is C12H14N2O2. The van der Waals surface area contributed by atoms with Gasteiger partial charge in [-0.3, -0.25) is 4.79 Å². The van der Waals surface area contributed by atoms with Gasteiger partial charge in [0.2, 0.25) is 5.56 Å². The SMILES string of the molecule is Cc1cc(=O)[nH]c2c(C(O)CN)cccc12. The van der Waals surface area contributed by atoms with Gasteiger partial charge in [0.1, 0.15) is 0 Å². The minimum atomic E-state index is -0.749. The number of fused-ring (bicyclic) bond motifs is 1. The molecule has 1 aromatic carbocycles. The summed E-state index contributed by atoms with van der Waals surface area (Å²) in [7, 11) is 0. The molecule has 4 N–H and O–H groups in total. The molecule has 0 amide bonds. The number of hydrogen-bond donors (Lipinski definition) is 3. The van der Waals surface area contributed by atoms with Crippen LogP contribution in [0.3, 0.4) is 0 Å². The van der Waals surface area contributed by atoms with Gasteiger partial charge in [-0.1, -0.05) is 18.2 Å². The number of aliphatic hydroxyl groups is 1. The molecule has 0 aliphatic carbocycles. The summed E-state index contributed by atoms with van der Waals surface area (Å²) in [5.41, 5.74) is 7.50. The number of para-hydroxylation sites is 1. The Labute approximate surface area is 92.7 Å². The molecule has 0 spiro atoms. The van der Waals surface area contributed by atoms with Gasteiger partial charge in [-0.05, 0) is 12.5 Å². The molecule has 84 valence electrons. The lowest BCUT2D eigenvalue weighted by Gasteiger charge is -2.12. The molecule has 2 rings (SSSR count). The van der Waals surface area contributed by atoms with Crippen LogP contribution in [-0.2, 0) is 0 Å². The summed E-state index contributed by atoms with van der Waals surface area (Å²) in [6.45, 7) is 2.01. The van der Waals surface area contributed by atoms with E-state index in [-0.39, 0.29) is 12.1 Å². The summed E-state index contributed by atoms with van der Waals surface area (Å²) in [4.78, 5) is 14.1. The number of nitrogens with two attached hydrogens (primary N) is 1. The Bertz CT molecular complexity index is 575. The van der Waals surface area contributed by atoms with E-state index in [1.807, 2.05) is 19.1 Å². The summed E-state index contributed by atoms with van der Waals surface area (Å²) in [5.74, 6) is 0. The van der Waals surface area contributed by atoms with Gasteiger partial charge in [0.05, 0.1) is 11.6 Å². The van der Waals surface area contributed by atoms with Gasteiger partial charge < -0.3 is 15.8 Å². The summed E-state index contributed by atoms with van der Waals surface area (Å²) in [6.07, 6.45) is -0.749. The van der Waals surface area contributed by atoms with Crippen molar-refractivity contribution in [1.29, 1.82) is 0 Å². The fraction of sp³-hybridized carbons (Fsp3) is 0.250. The van der Waals surface area contributed by atoms with Crippen molar-refractivity contribution >= 4 is 10.9 Å². The maximum Gasteiger partial charge on any atom is 0.248 e. The number of nitrogens with one attached hydrogen (secondary N) is 1. The number of hydrogen-bond acceptors (Lipinski definition) is 3. The first-order chi connectivity index (χ1) is 7.63. The zero-order valence-corrected chi connectivity index (χ0v) is 9.03. The second-order valence-corrected chi connectivity index (χ2v) is 3.84. The number of H-pyrrole nitrogens is 1. The van der Waals surface area contributed by atoms with Crippen LogP contribution in [0.4, 0.5) is 0 Å². The van der Waals surface area contributed by atoms with Gasteiger partial charge in [0.25, 0.3) is 0 Å². The third-order valence-corrected chi connectivity index (χ3v) is 2.70. The fourth-order valence-corrected chi connectivity index (χ4v) is 1.88. The smallest absolute Gasteiger partial charge is 0.248 e. The van der Waals surface area contributed by atoms with Crippen molar-refractivity contribution < 1.29 is 5.11 Å². The topological polar surface area (TPSA) is 79.1 Å². The fourth-order valence-electron chi connectivity index (χ4n) is 1.88. The zero-order chi connectivity index (χ0) is 11.7. The van der Waals surface area contributed by atoms with Crippen molar-refractivity contribution in [3.63, 3.8) is 0 Å². The van der Waals surface area contributed by atoms with Gasteiger partial charge in [0, 0.05) is 23.6 Å². The number of benzene rings is 1. The largest absolute Gasteiger partial charge is 0.387 e. The molecule has 0 aliphatic rings. The van der Waals surface area contributed by atoms with Gasteiger partial charge in [-0.15, -0.1) is 0 Å². The summed E-state index contributed by atoms with van der Waals surface area (Å²) in [6, 6.07) is 7.07. The highest BCUT2D eigenvalue weighted by molar-refractivity contribution is 5.84. The second-order valence-electron chi connectivity index (χ2n) is 3.84. The monoisotopic (exact) mass is 218 g/mol. The normalized spacial score (nSPS) is 12.9. The summed E-state index contributed by atoms with van der Waals surface area (Å²) < 4.78 is 0. The maximum absolute atomic E-state index is 11.4. The van der Waals surface area contributed by atoms with Crippen molar-refractivity contribution in [3.05, 3.63) is 45.7 Å². The highest BCUT2D eigenvalue weighted by Crippen LogP contribution is 2.22. The summed E-state index contributed by atoms with van der Waals surface area (Å²) in [5, 5.41) is 10.7. The van der Waals surface area contributed by atoms with Gasteiger partial charge in [0.15, 0.2) is 0 Å². The lowest BCUT2D eigenvalue weighted by Crippen LogP contribution is -2.14. The van der Waals surface area contributed by atoms with E-state index in [0.29, 0.717) is 11.1 Å². The molecule has 1 atom stereocenters. The highest BCUT2D eigenvalue weighted by Gasteiger charge is 2.11. The van der Waals surface area contributed by atoms with Crippen molar-refractivity contribution in [3.8, 4) is 0 Å². The Hall–Kier alpha value is -1.65. The van der Waals surface area contributed by atoms with Crippen LogP contribution < -0.4 is 11.3 Å². The predicted molar refractivity (Wildman–Crippen MR) is 63.3 cm³/mol. The van der Waals surface area contributed by atoms with E-state index in [9.17, 15) is 9.90 Å². The van der Waals surface area contributed by atoms with E-state index in [4.69, 9.17) is 5.73 Å². The molecule has 4 heteroatoms. The van der Waals surface area contributed by atoms with E-state index in [1.165, 1.54) is 0 Å². The molecule has 4 nitrogen and oxygen atoms in total. The number of aromatic amines is 1. The third kappa shape index (κ3) is 1.73. The van der Waals surface area contributed by atoms with Crippen LogP contribution in [0.2, 0.25) is 0 Å². The van der Waals surface area contributed by atoms with Crippen LogP contribution in [0.15, 0.2) is 29.1 Å². The average molecular weight is 218 g/mol. The Morgan fingerprint density at radius 1 is 1.50 bits per heavy atom. The molecule has 2 aromatic rings. The number of aliphatic hydroxyl groups excluding tert-OH is 1. The van der Waals surface area contributed by atoms with Crippen LogP contribution in [0.25, 0.3) is 10.9 Å². The molecule has 0 bridgehead atoms. The molecule has 1 unspecified atom stereocenters. The molecule has 1 aromatic heterocycles. The average Bonchev–Trinajstić information content (AvgIpc) is 2.27. The number of rotatable bonds is 2. The van der Waals surface area contributed by atoms with Crippen LogP contribution in [0.1, 0.15) is 17.2 Å². The van der Waals surface area contributed by atoms with Gasteiger partial charge in [-0.25, -0.2) is 0 Å².